The molecule has 0 bridgehead atoms. The maximum absolute atomic E-state index is 12.2. The Morgan fingerprint density at radius 2 is 1.86 bits per heavy atom. The zero-order chi connectivity index (χ0) is 15.7. The molecule has 0 aromatic rings. The van der Waals surface area contributed by atoms with E-state index in [1.165, 1.54) is 19.3 Å². The smallest absolute Gasteiger partial charge is 0.312 e. The van der Waals surface area contributed by atoms with Gasteiger partial charge in [-0.15, -0.1) is 0 Å². The number of hydrogen-bond donors (Lipinski definition) is 0. The van der Waals surface area contributed by atoms with Crippen molar-refractivity contribution < 1.29 is 14.0 Å². The minimum Gasteiger partial charge on any atom is -0.462 e. The topological polar surface area (TPSA) is 35.5 Å². The van der Waals surface area contributed by atoms with Crippen LogP contribution in [0, 0.1) is 5.41 Å². The van der Waals surface area contributed by atoms with Crippen LogP contribution in [0.4, 0.5) is 0 Å². The first-order valence-electron chi connectivity index (χ1n) is 8.51. The minimum absolute atomic E-state index is 0.0690. The summed E-state index contributed by atoms with van der Waals surface area (Å²) in [4.78, 5) is 12.2. The molecule has 2 aliphatic rings. The lowest BCUT2D eigenvalue weighted by Crippen LogP contribution is -2.41. The highest BCUT2D eigenvalue weighted by atomic mass is 28.4. The van der Waals surface area contributed by atoms with Crippen molar-refractivity contribution >= 4 is 14.3 Å². The van der Waals surface area contributed by atoms with E-state index in [9.17, 15) is 4.79 Å². The average molecular weight is 313 g/mol. The zero-order valence-corrected chi connectivity index (χ0v) is 15.5. The van der Waals surface area contributed by atoms with Gasteiger partial charge in [0.2, 0.25) is 0 Å². The maximum atomic E-state index is 12.2. The molecule has 1 unspecified atom stereocenters. The summed E-state index contributed by atoms with van der Waals surface area (Å²) in [5.74, 6) is 0.0690. The van der Waals surface area contributed by atoms with E-state index in [0.717, 1.165) is 32.3 Å². The summed E-state index contributed by atoms with van der Waals surface area (Å²) in [7, 11) is -1.68. The molecule has 122 valence electrons. The third-order valence-electron chi connectivity index (χ3n) is 5.84. The van der Waals surface area contributed by atoms with Crippen molar-refractivity contribution in [2.75, 3.05) is 6.61 Å². The second-order valence-electron chi connectivity index (χ2n) is 8.47. The molecule has 1 saturated heterocycles. The van der Waals surface area contributed by atoms with Crippen LogP contribution >= 0.6 is 0 Å². The molecule has 0 radical (unpaired) electrons. The van der Waals surface area contributed by atoms with Crippen LogP contribution in [0.25, 0.3) is 0 Å². The predicted molar refractivity (Wildman–Crippen MR) is 87.8 cm³/mol. The molecule has 0 aromatic heterocycles. The largest absolute Gasteiger partial charge is 0.462 e. The van der Waals surface area contributed by atoms with Crippen LogP contribution < -0.4 is 0 Å². The highest BCUT2D eigenvalue weighted by Gasteiger charge is 2.49. The molecule has 1 atom stereocenters. The average Bonchev–Trinajstić information content (AvgIpc) is 2.65. The Balaban J connectivity index is 1.82. The SMILES string of the molecule is CC(C)(C)[Si](C)(C)OCCC1CC2(CCCCC2)C(=O)O1. The molecule has 1 spiro atoms. The highest BCUT2D eigenvalue weighted by Crippen LogP contribution is 2.46. The van der Waals surface area contributed by atoms with Gasteiger partial charge in [0.25, 0.3) is 0 Å². The van der Waals surface area contributed by atoms with Gasteiger partial charge in [0.15, 0.2) is 8.32 Å². The number of carbonyl (C=O) groups is 1. The van der Waals surface area contributed by atoms with E-state index in [0.29, 0.717) is 0 Å². The van der Waals surface area contributed by atoms with Crippen molar-refractivity contribution in [3.63, 3.8) is 0 Å². The van der Waals surface area contributed by atoms with Crippen molar-refractivity contribution in [3.05, 3.63) is 0 Å². The van der Waals surface area contributed by atoms with Gasteiger partial charge >= 0.3 is 5.97 Å². The van der Waals surface area contributed by atoms with Gasteiger partial charge in [0, 0.05) is 19.4 Å². The first kappa shape index (κ1) is 17.0. The number of ether oxygens (including phenoxy) is 1. The van der Waals surface area contributed by atoms with Gasteiger partial charge in [-0.25, -0.2) is 0 Å². The van der Waals surface area contributed by atoms with Crippen LogP contribution in [0.15, 0.2) is 0 Å². The summed E-state index contributed by atoms with van der Waals surface area (Å²) in [5.41, 5.74) is -0.139. The first-order valence-corrected chi connectivity index (χ1v) is 11.4. The fourth-order valence-electron chi connectivity index (χ4n) is 3.30. The van der Waals surface area contributed by atoms with E-state index in [4.69, 9.17) is 9.16 Å². The third kappa shape index (κ3) is 3.70. The Kier molecular flexibility index (Phi) is 4.89. The van der Waals surface area contributed by atoms with E-state index in [2.05, 4.69) is 33.9 Å². The number of esters is 1. The molecule has 21 heavy (non-hydrogen) atoms. The van der Waals surface area contributed by atoms with Crippen LogP contribution in [0.1, 0.15) is 65.7 Å². The lowest BCUT2D eigenvalue weighted by Gasteiger charge is -2.36. The highest BCUT2D eigenvalue weighted by molar-refractivity contribution is 6.74. The zero-order valence-electron chi connectivity index (χ0n) is 14.5. The Morgan fingerprint density at radius 3 is 2.43 bits per heavy atom. The van der Waals surface area contributed by atoms with Crippen molar-refractivity contribution in [1.82, 2.24) is 0 Å². The molecule has 1 heterocycles. The van der Waals surface area contributed by atoms with Gasteiger partial charge in [-0.2, -0.15) is 0 Å². The lowest BCUT2D eigenvalue weighted by molar-refractivity contribution is -0.150. The molecular weight excluding hydrogens is 280 g/mol. The van der Waals surface area contributed by atoms with Crippen LogP contribution in [0.2, 0.25) is 18.1 Å². The number of carbonyl (C=O) groups excluding carboxylic acids is 1. The summed E-state index contributed by atoms with van der Waals surface area (Å²) in [6.45, 7) is 12.0. The van der Waals surface area contributed by atoms with Gasteiger partial charge in [-0.05, 0) is 31.0 Å². The number of rotatable bonds is 4. The monoisotopic (exact) mass is 312 g/mol. The molecule has 1 aliphatic heterocycles. The third-order valence-corrected chi connectivity index (χ3v) is 10.4. The molecule has 0 aromatic carbocycles. The Bertz CT molecular complexity index is 378. The van der Waals surface area contributed by atoms with Gasteiger partial charge in [-0.3, -0.25) is 4.79 Å². The molecule has 0 amide bonds. The van der Waals surface area contributed by atoms with E-state index >= 15 is 0 Å². The van der Waals surface area contributed by atoms with Gasteiger partial charge < -0.3 is 9.16 Å². The number of hydrogen-bond acceptors (Lipinski definition) is 3. The first-order chi connectivity index (χ1) is 9.66. The molecule has 1 aliphatic carbocycles. The fraction of sp³-hybridized carbons (Fsp3) is 0.941. The van der Waals surface area contributed by atoms with Crippen LogP contribution in [-0.2, 0) is 14.0 Å². The maximum Gasteiger partial charge on any atom is 0.312 e. The molecular formula is C17H32O3Si. The van der Waals surface area contributed by atoms with Crippen molar-refractivity contribution in [2.45, 2.75) is 90.0 Å². The standard InChI is InChI=1S/C17H32O3Si/c1-16(2,3)21(4,5)19-12-9-14-13-17(15(18)20-14)10-7-6-8-11-17/h14H,6-13H2,1-5H3. The summed E-state index contributed by atoms with van der Waals surface area (Å²) in [5, 5.41) is 0.240. The number of cyclic esters (lactones) is 1. The molecule has 3 nitrogen and oxygen atoms in total. The summed E-state index contributed by atoms with van der Waals surface area (Å²) < 4.78 is 11.9. The molecule has 2 rings (SSSR count). The minimum atomic E-state index is -1.68. The Morgan fingerprint density at radius 1 is 1.24 bits per heavy atom. The normalized spacial score (nSPS) is 26.1. The molecule has 4 heteroatoms. The lowest BCUT2D eigenvalue weighted by atomic mass is 9.72. The van der Waals surface area contributed by atoms with Crippen molar-refractivity contribution in [3.8, 4) is 0 Å². The summed E-state index contributed by atoms with van der Waals surface area (Å²) in [6.07, 6.45) is 7.57. The summed E-state index contributed by atoms with van der Waals surface area (Å²) in [6, 6.07) is 0. The van der Waals surface area contributed by atoms with E-state index in [1.807, 2.05) is 0 Å². The van der Waals surface area contributed by atoms with Gasteiger partial charge in [0.1, 0.15) is 6.10 Å². The molecule has 1 saturated carbocycles. The van der Waals surface area contributed by atoms with Gasteiger partial charge in [-0.1, -0.05) is 40.0 Å². The second-order valence-corrected chi connectivity index (χ2v) is 13.3. The van der Waals surface area contributed by atoms with Crippen molar-refractivity contribution in [1.29, 1.82) is 0 Å². The van der Waals surface area contributed by atoms with E-state index in [1.54, 1.807) is 0 Å². The molecule has 0 N–H and O–H groups in total. The Labute approximate surface area is 130 Å². The fourth-order valence-corrected chi connectivity index (χ4v) is 4.36. The second kappa shape index (κ2) is 6.03. The van der Waals surface area contributed by atoms with Gasteiger partial charge in [0.05, 0.1) is 5.41 Å². The van der Waals surface area contributed by atoms with Crippen LogP contribution in [-0.4, -0.2) is 27.0 Å². The van der Waals surface area contributed by atoms with E-state index in [-0.39, 0.29) is 22.5 Å². The van der Waals surface area contributed by atoms with E-state index < -0.39 is 8.32 Å². The van der Waals surface area contributed by atoms with Crippen LogP contribution in [0.3, 0.4) is 0 Å². The molecule has 2 fully saturated rings. The van der Waals surface area contributed by atoms with Crippen molar-refractivity contribution in [2.24, 2.45) is 5.41 Å². The predicted octanol–water partition coefficient (Wildman–Crippen LogP) is 4.66. The summed E-state index contributed by atoms with van der Waals surface area (Å²) >= 11 is 0. The van der Waals surface area contributed by atoms with Crippen LogP contribution in [0.5, 0.6) is 0 Å². The quantitative estimate of drug-likeness (QED) is 0.559. The Hall–Kier alpha value is -0.353.